The Morgan fingerprint density at radius 1 is 1.18 bits per heavy atom. The molecular weight excluding hydrogens is 278 g/mol. The van der Waals surface area contributed by atoms with Gasteiger partial charge in [-0.25, -0.2) is 5.43 Å². The minimum Gasteiger partial charge on any atom is -0.451 e. The number of furan rings is 1. The summed E-state index contributed by atoms with van der Waals surface area (Å²) in [5, 5.41) is 5.01. The molecule has 2 heterocycles. The van der Waals surface area contributed by atoms with Crippen LogP contribution in [-0.4, -0.2) is 16.6 Å². The Hall–Kier alpha value is -2.95. The van der Waals surface area contributed by atoms with Crippen LogP contribution in [0.4, 0.5) is 0 Å². The molecule has 0 radical (unpaired) electrons. The van der Waals surface area contributed by atoms with Gasteiger partial charge in [0.25, 0.3) is 0 Å². The van der Waals surface area contributed by atoms with Crippen LogP contribution in [0.25, 0.3) is 11.0 Å². The van der Waals surface area contributed by atoms with E-state index in [0.29, 0.717) is 17.0 Å². The maximum Gasteiger partial charge on any atom is 0.307 e. The third kappa shape index (κ3) is 2.61. The number of aryl methyl sites for hydroxylation is 1. The van der Waals surface area contributed by atoms with Gasteiger partial charge in [-0.05, 0) is 32.0 Å². The molecule has 22 heavy (non-hydrogen) atoms. The first-order chi connectivity index (χ1) is 10.7. The van der Waals surface area contributed by atoms with Crippen molar-refractivity contribution in [2.24, 2.45) is 5.10 Å². The van der Waals surface area contributed by atoms with Gasteiger partial charge in [0.1, 0.15) is 5.58 Å². The van der Waals surface area contributed by atoms with Crippen LogP contribution in [0.15, 0.2) is 58.2 Å². The number of carbonyl (C=O) groups is 1. The number of hydrogen-bond donors (Lipinski definition) is 1. The molecule has 3 rings (SSSR count). The first-order valence-electron chi connectivity index (χ1n) is 6.91. The van der Waals surface area contributed by atoms with E-state index in [2.05, 4.69) is 15.5 Å². The molecule has 0 fully saturated rings. The average Bonchev–Trinajstić information content (AvgIpc) is 2.90. The molecule has 5 heteroatoms. The van der Waals surface area contributed by atoms with Crippen LogP contribution >= 0.6 is 0 Å². The minimum absolute atomic E-state index is 0.277. The van der Waals surface area contributed by atoms with Crippen LogP contribution in [0, 0.1) is 6.92 Å². The molecule has 0 bridgehead atoms. The number of pyridine rings is 1. The van der Waals surface area contributed by atoms with Crippen molar-refractivity contribution in [1.82, 2.24) is 10.4 Å². The van der Waals surface area contributed by atoms with Crippen molar-refractivity contribution >= 4 is 22.6 Å². The molecule has 1 aromatic carbocycles. The van der Waals surface area contributed by atoms with E-state index in [1.807, 2.05) is 49.4 Å². The van der Waals surface area contributed by atoms with Gasteiger partial charge in [0, 0.05) is 17.1 Å². The highest BCUT2D eigenvalue weighted by molar-refractivity contribution is 6.01. The Labute approximate surface area is 127 Å². The van der Waals surface area contributed by atoms with Gasteiger partial charge < -0.3 is 4.42 Å². The van der Waals surface area contributed by atoms with Crippen molar-refractivity contribution < 1.29 is 9.21 Å². The Bertz CT molecular complexity index is 851. The number of benzene rings is 1. The van der Waals surface area contributed by atoms with Gasteiger partial charge in [0.2, 0.25) is 0 Å². The second-order valence-electron chi connectivity index (χ2n) is 4.91. The van der Waals surface area contributed by atoms with E-state index in [9.17, 15) is 4.79 Å². The van der Waals surface area contributed by atoms with Gasteiger partial charge in [-0.15, -0.1) is 0 Å². The van der Waals surface area contributed by atoms with Crippen molar-refractivity contribution in [1.29, 1.82) is 0 Å². The Kier molecular flexibility index (Phi) is 3.70. The van der Waals surface area contributed by atoms with Crippen LogP contribution < -0.4 is 5.43 Å². The van der Waals surface area contributed by atoms with E-state index in [-0.39, 0.29) is 11.7 Å². The predicted molar refractivity (Wildman–Crippen MR) is 84.9 cm³/mol. The van der Waals surface area contributed by atoms with Crippen molar-refractivity contribution in [3.05, 3.63) is 65.7 Å². The molecule has 0 aliphatic heterocycles. The molecule has 3 aromatic rings. The lowest BCUT2D eigenvalue weighted by Gasteiger charge is -2.01. The minimum atomic E-state index is -0.371. The summed E-state index contributed by atoms with van der Waals surface area (Å²) in [5.74, 6) is -0.0947. The number of aromatic nitrogens is 1. The van der Waals surface area contributed by atoms with E-state index in [4.69, 9.17) is 4.42 Å². The van der Waals surface area contributed by atoms with E-state index >= 15 is 0 Å². The normalized spacial score (nSPS) is 11.6. The summed E-state index contributed by atoms with van der Waals surface area (Å²) in [4.78, 5) is 16.4. The van der Waals surface area contributed by atoms with Gasteiger partial charge in [0.15, 0.2) is 5.76 Å². The van der Waals surface area contributed by atoms with Crippen molar-refractivity contribution in [3.63, 3.8) is 0 Å². The monoisotopic (exact) mass is 293 g/mol. The van der Waals surface area contributed by atoms with E-state index in [1.54, 1.807) is 13.1 Å². The number of nitrogens with zero attached hydrogens (tertiary/aromatic N) is 2. The number of hydrogen-bond acceptors (Lipinski definition) is 4. The van der Waals surface area contributed by atoms with Gasteiger partial charge in [-0.1, -0.05) is 24.3 Å². The lowest BCUT2D eigenvalue weighted by atomic mass is 10.1. The number of nitrogens with one attached hydrogen (secondary N) is 1. The van der Waals surface area contributed by atoms with Crippen LogP contribution in [-0.2, 0) is 0 Å². The third-order valence-corrected chi connectivity index (χ3v) is 3.41. The number of rotatable bonds is 3. The fourth-order valence-corrected chi connectivity index (χ4v) is 2.21. The fourth-order valence-electron chi connectivity index (χ4n) is 2.21. The van der Waals surface area contributed by atoms with Crippen molar-refractivity contribution in [2.45, 2.75) is 13.8 Å². The molecule has 110 valence electrons. The molecule has 0 aliphatic carbocycles. The van der Waals surface area contributed by atoms with Gasteiger partial charge in [0.05, 0.1) is 11.4 Å². The van der Waals surface area contributed by atoms with Crippen LogP contribution in [0.3, 0.4) is 0 Å². The molecule has 2 aromatic heterocycles. The van der Waals surface area contributed by atoms with Gasteiger partial charge in [-0.2, -0.15) is 5.10 Å². The number of amides is 1. The summed E-state index contributed by atoms with van der Waals surface area (Å²) in [6.07, 6.45) is 1.68. The average molecular weight is 293 g/mol. The van der Waals surface area contributed by atoms with Crippen LogP contribution in [0.5, 0.6) is 0 Å². The Morgan fingerprint density at radius 3 is 2.68 bits per heavy atom. The highest BCUT2D eigenvalue weighted by Crippen LogP contribution is 2.24. The smallest absolute Gasteiger partial charge is 0.307 e. The first kappa shape index (κ1) is 14.0. The van der Waals surface area contributed by atoms with Gasteiger partial charge in [-0.3, -0.25) is 9.78 Å². The van der Waals surface area contributed by atoms with Gasteiger partial charge >= 0.3 is 5.91 Å². The van der Waals surface area contributed by atoms with E-state index < -0.39 is 0 Å². The fraction of sp³-hybridized carbons (Fsp3) is 0.118. The number of fused-ring (bicyclic) bond motifs is 1. The Morgan fingerprint density at radius 2 is 1.95 bits per heavy atom. The zero-order valence-corrected chi connectivity index (χ0v) is 12.3. The first-order valence-corrected chi connectivity index (χ1v) is 6.91. The van der Waals surface area contributed by atoms with Crippen molar-refractivity contribution in [2.75, 3.05) is 0 Å². The molecule has 0 atom stereocenters. The second kappa shape index (κ2) is 5.81. The Balaban J connectivity index is 1.83. The second-order valence-corrected chi connectivity index (χ2v) is 4.91. The molecular formula is C17H15N3O2. The number of para-hydroxylation sites is 1. The summed E-state index contributed by atoms with van der Waals surface area (Å²) < 4.78 is 5.60. The predicted octanol–water partition coefficient (Wildman–Crippen LogP) is 3.29. The topological polar surface area (TPSA) is 67.5 Å². The number of carbonyl (C=O) groups excluding carboxylic acids is 1. The lowest BCUT2D eigenvalue weighted by Crippen LogP contribution is -2.19. The van der Waals surface area contributed by atoms with Crippen molar-refractivity contribution in [3.8, 4) is 0 Å². The maximum atomic E-state index is 12.2. The quantitative estimate of drug-likeness (QED) is 0.595. The summed E-state index contributed by atoms with van der Waals surface area (Å²) in [5.41, 5.74) is 5.35. The molecule has 0 saturated carbocycles. The lowest BCUT2D eigenvalue weighted by molar-refractivity contribution is 0.0928. The van der Waals surface area contributed by atoms with Crippen LogP contribution in [0.2, 0.25) is 0 Å². The maximum absolute atomic E-state index is 12.2. The molecule has 1 N–H and O–H groups in total. The molecule has 0 unspecified atom stereocenters. The third-order valence-electron chi connectivity index (χ3n) is 3.41. The molecule has 1 amide bonds. The van der Waals surface area contributed by atoms with E-state index in [0.717, 1.165) is 10.9 Å². The molecule has 5 nitrogen and oxygen atoms in total. The molecule has 0 aliphatic rings. The highest BCUT2D eigenvalue weighted by Gasteiger charge is 2.16. The molecule has 0 spiro atoms. The summed E-state index contributed by atoms with van der Waals surface area (Å²) >= 11 is 0. The number of hydrazone groups is 1. The summed E-state index contributed by atoms with van der Waals surface area (Å²) in [6, 6.07) is 13.1. The molecule has 0 saturated heterocycles. The zero-order valence-electron chi connectivity index (χ0n) is 12.3. The zero-order chi connectivity index (χ0) is 15.5. The summed E-state index contributed by atoms with van der Waals surface area (Å²) in [7, 11) is 0. The largest absolute Gasteiger partial charge is 0.451 e. The highest BCUT2D eigenvalue weighted by atomic mass is 16.3. The summed E-state index contributed by atoms with van der Waals surface area (Å²) in [6.45, 7) is 3.64. The van der Waals surface area contributed by atoms with E-state index in [1.165, 1.54) is 0 Å². The standard InChI is InChI=1S/C17H15N3O2/c1-11-13-7-3-4-9-15(13)22-16(11)17(21)20-19-12(2)14-8-5-6-10-18-14/h3-10H,1-2H3,(H,20,21)/b19-12-. The van der Waals surface area contributed by atoms with Crippen LogP contribution in [0.1, 0.15) is 28.7 Å². The SMILES string of the molecule is C/C(=N/NC(=O)c1oc2ccccc2c1C)c1ccccn1.